The molecule has 0 saturated carbocycles. The van der Waals surface area contributed by atoms with Crippen molar-refractivity contribution in [1.29, 1.82) is 0 Å². The number of hydrogen-bond acceptors (Lipinski definition) is 5. The van der Waals surface area contributed by atoms with Crippen molar-refractivity contribution < 1.29 is 23.1 Å². The fraction of sp³-hybridized carbons (Fsp3) is 0.261. The van der Waals surface area contributed by atoms with Crippen LogP contribution in [0.2, 0.25) is 5.02 Å². The van der Waals surface area contributed by atoms with Crippen LogP contribution in [0, 0.1) is 18.6 Å². The number of aryl methyl sites for hydroxylation is 1. The summed E-state index contributed by atoms with van der Waals surface area (Å²) in [7, 11) is 0. The fourth-order valence-electron chi connectivity index (χ4n) is 4.62. The third-order valence-electron chi connectivity index (χ3n) is 6.19. The Morgan fingerprint density at radius 3 is 2.85 bits per heavy atom. The predicted octanol–water partition coefficient (Wildman–Crippen LogP) is 4.39. The van der Waals surface area contributed by atoms with E-state index in [-0.39, 0.29) is 39.9 Å². The van der Waals surface area contributed by atoms with E-state index in [1.165, 1.54) is 35.4 Å². The molecule has 176 valence electrons. The van der Waals surface area contributed by atoms with Crippen molar-refractivity contribution in [2.24, 2.45) is 0 Å². The molecule has 3 aromatic rings. The van der Waals surface area contributed by atoms with Crippen LogP contribution in [0.4, 0.5) is 25.1 Å². The van der Waals surface area contributed by atoms with E-state index in [2.05, 4.69) is 10.4 Å². The second kappa shape index (κ2) is 7.98. The maximum Gasteiger partial charge on any atom is 0.412 e. The van der Waals surface area contributed by atoms with Crippen molar-refractivity contribution in [3.8, 4) is 5.69 Å². The van der Waals surface area contributed by atoms with Gasteiger partial charge in [0.25, 0.3) is 5.91 Å². The number of nitrogens with two attached hydrogens (primary N) is 1. The quantitative estimate of drug-likeness (QED) is 0.558. The van der Waals surface area contributed by atoms with Crippen molar-refractivity contribution in [2.75, 3.05) is 24.1 Å². The molecule has 2 aliphatic heterocycles. The van der Waals surface area contributed by atoms with E-state index in [1.807, 2.05) is 0 Å². The minimum Gasteiger partial charge on any atom is -0.436 e. The normalized spacial score (nSPS) is 19.5. The highest BCUT2D eigenvalue weighted by molar-refractivity contribution is 6.31. The van der Waals surface area contributed by atoms with Gasteiger partial charge in [-0.25, -0.2) is 18.3 Å². The summed E-state index contributed by atoms with van der Waals surface area (Å²) in [6, 6.07) is 7.42. The average molecular weight is 488 g/mol. The topological polar surface area (TPSA) is 102 Å². The number of likely N-dealkylation sites (tertiary alicyclic amines) is 1. The second-order valence-electron chi connectivity index (χ2n) is 8.43. The second-order valence-corrected chi connectivity index (χ2v) is 8.84. The Morgan fingerprint density at radius 2 is 2.09 bits per heavy atom. The Balaban J connectivity index is 1.49. The first-order chi connectivity index (χ1) is 16.2. The van der Waals surface area contributed by atoms with Crippen LogP contribution < -0.4 is 11.1 Å². The summed E-state index contributed by atoms with van der Waals surface area (Å²) in [5.41, 5.74) is 6.01. The van der Waals surface area contributed by atoms with Crippen LogP contribution in [-0.2, 0) is 10.3 Å². The minimum absolute atomic E-state index is 0.0377. The number of carbonyl (C=O) groups excluding carboxylic acids is 2. The largest absolute Gasteiger partial charge is 0.436 e. The van der Waals surface area contributed by atoms with Gasteiger partial charge in [0, 0.05) is 6.54 Å². The van der Waals surface area contributed by atoms with E-state index in [0.717, 1.165) is 10.2 Å². The van der Waals surface area contributed by atoms with E-state index in [4.69, 9.17) is 22.1 Å². The number of anilines is 2. The van der Waals surface area contributed by atoms with E-state index in [0.29, 0.717) is 19.4 Å². The van der Waals surface area contributed by atoms with Crippen LogP contribution >= 0.6 is 11.6 Å². The molecule has 0 bridgehead atoms. The van der Waals surface area contributed by atoms with Crippen molar-refractivity contribution in [2.45, 2.75) is 25.4 Å². The van der Waals surface area contributed by atoms with E-state index in [9.17, 15) is 14.0 Å². The third kappa shape index (κ3) is 3.45. The monoisotopic (exact) mass is 487 g/mol. The molecule has 2 aromatic carbocycles. The number of fused-ring (bicyclic) bond motifs is 2. The van der Waals surface area contributed by atoms with Crippen LogP contribution in [0.3, 0.4) is 0 Å². The van der Waals surface area contributed by atoms with Gasteiger partial charge in [-0.05, 0) is 49.6 Å². The molecule has 3 heterocycles. The molecule has 0 radical (unpaired) electrons. The van der Waals surface area contributed by atoms with Gasteiger partial charge in [0.15, 0.2) is 11.4 Å². The van der Waals surface area contributed by atoms with Gasteiger partial charge in [0.2, 0.25) is 0 Å². The smallest absolute Gasteiger partial charge is 0.412 e. The summed E-state index contributed by atoms with van der Waals surface area (Å²) in [5.74, 6) is -1.77. The van der Waals surface area contributed by atoms with Crippen LogP contribution in [0.25, 0.3) is 5.69 Å². The predicted molar refractivity (Wildman–Crippen MR) is 121 cm³/mol. The number of aromatic nitrogens is 2. The third-order valence-corrected chi connectivity index (χ3v) is 6.48. The van der Waals surface area contributed by atoms with Gasteiger partial charge in [-0.1, -0.05) is 17.7 Å². The minimum atomic E-state index is -1.41. The van der Waals surface area contributed by atoms with Gasteiger partial charge in [-0.3, -0.25) is 10.1 Å². The number of piperidine rings is 1. The molecular formula is C23H20ClF2N5O3. The molecule has 5 rings (SSSR count). The molecule has 2 amide bonds. The van der Waals surface area contributed by atoms with Crippen molar-refractivity contribution in [3.05, 3.63) is 69.9 Å². The molecule has 1 spiro atoms. The first-order valence-electron chi connectivity index (χ1n) is 10.6. The summed E-state index contributed by atoms with van der Waals surface area (Å²) in [6.07, 6.45) is 1.26. The van der Waals surface area contributed by atoms with Gasteiger partial charge >= 0.3 is 6.09 Å². The summed E-state index contributed by atoms with van der Waals surface area (Å²) >= 11 is 6.00. The summed E-state index contributed by atoms with van der Waals surface area (Å²) in [4.78, 5) is 27.1. The first kappa shape index (κ1) is 22.1. The standard InChI is InChI=1S/C23H20ClF2N5O3/c1-12-3-6-17(15(25)9-12)31-20(27)13(10-28-31)21(32)30-8-2-7-23(11-30)18-16(29-22(33)34-23)5-4-14(24)19(18)26/h3-6,9-10H,2,7-8,11,27H2,1H3,(H,29,33)/t23-/m0/s1. The Bertz CT molecular complexity index is 1340. The van der Waals surface area contributed by atoms with Gasteiger partial charge in [-0.2, -0.15) is 5.10 Å². The molecule has 0 unspecified atom stereocenters. The Hall–Kier alpha value is -3.66. The lowest BCUT2D eigenvalue weighted by Gasteiger charge is -2.45. The molecule has 8 nitrogen and oxygen atoms in total. The van der Waals surface area contributed by atoms with Crippen molar-refractivity contribution >= 4 is 35.1 Å². The number of carbonyl (C=O) groups is 2. The molecule has 3 N–H and O–H groups in total. The zero-order valence-electron chi connectivity index (χ0n) is 18.1. The molecular weight excluding hydrogens is 468 g/mol. The summed E-state index contributed by atoms with van der Waals surface area (Å²) in [6.45, 7) is 1.97. The lowest BCUT2D eigenvalue weighted by molar-refractivity contribution is -0.0418. The molecule has 1 aromatic heterocycles. The Kier molecular flexibility index (Phi) is 5.20. The number of rotatable bonds is 2. The fourth-order valence-corrected chi connectivity index (χ4v) is 4.77. The van der Waals surface area contributed by atoms with E-state index < -0.39 is 29.2 Å². The van der Waals surface area contributed by atoms with Gasteiger partial charge < -0.3 is 15.4 Å². The lowest BCUT2D eigenvalue weighted by Crippen LogP contribution is -2.53. The van der Waals surface area contributed by atoms with Crippen LogP contribution in [0.15, 0.2) is 36.5 Å². The maximum atomic E-state index is 15.1. The zero-order chi connectivity index (χ0) is 24.2. The molecule has 11 heteroatoms. The van der Waals surface area contributed by atoms with Crippen LogP contribution in [0.5, 0.6) is 0 Å². The Labute approximate surface area is 198 Å². The van der Waals surface area contributed by atoms with Gasteiger partial charge in [-0.15, -0.1) is 0 Å². The van der Waals surface area contributed by atoms with Crippen molar-refractivity contribution in [1.82, 2.24) is 14.7 Å². The highest BCUT2D eigenvalue weighted by atomic mass is 35.5. The lowest BCUT2D eigenvalue weighted by atomic mass is 9.83. The maximum absolute atomic E-state index is 15.1. The average Bonchev–Trinajstić information content (AvgIpc) is 3.16. The number of nitrogens with one attached hydrogen (secondary N) is 1. The summed E-state index contributed by atoms with van der Waals surface area (Å²) in [5, 5.41) is 6.47. The first-order valence-corrected chi connectivity index (χ1v) is 11.0. The van der Waals surface area contributed by atoms with Crippen LogP contribution in [-0.4, -0.2) is 39.8 Å². The van der Waals surface area contributed by atoms with Gasteiger partial charge in [0.05, 0.1) is 29.0 Å². The molecule has 1 atom stereocenters. The Morgan fingerprint density at radius 1 is 1.29 bits per heavy atom. The number of amides is 2. The van der Waals surface area contributed by atoms with E-state index >= 15 is 4.39 Å². The molecule has 0 aliphatic carbocycles. The molecule has 34 heavy (non-hydrogen) atoms. The number of nitrogens with zero attached hydrogens (tertiary/aromatic N) is 3. The molecule has 1 fully saturated rings. The van der Waals surface area contributed by atoms with E-state index in [1.54, 1.807) is 13.0 Å². The molecule has 2 aliphatic rings. The van der Waals surface area contributed by atoms with Gasteiger partial charge in [0.1, 0.15) is 22.9 Å². The number of hydrogen-bond donors (Lipinski definition) is 2. The highest BCUT2D eigenvalue weighted by Crippen LogP contribution is 2.45. The van der Waals surface area contributed by atoms with Crippen LogP contribution in [0.1, 0.15) is 34.3 Å². The number of benzene rings is 2. The number of nitrogen functional groups attached to an aromatic ring is 1. The SMILES string of the molecule is Cc1ccc(-n2ncc(C(=O)N3CCC[C@@]4(C3)OC(=O)Nc3ccc(Cl)c(F)c34)c2N)c(F)c1. The number of halogens is 3. The highest BCUT2D eigenvalue weighted by Gasteiger charge is 2.48. The molecule has 1 saturated heterocycles. The zero-order valence-corrected chi connectivity index (χ0v) is 18.8. The number of ether oxygens (including phenoxy) is 1. The van der Waals surface area contributed by atoms with Crippen molar-refractivity contribution in [3.63, 3.8) is 0 Å². The summed E-state index contributed by atoms with van der Waals surface area (Å²) < 4.78 is 36.3.